The van der Waals surface area contributed by atoms with Gasteiger partial charge in [-0.05, 0) is 35.7 Å². The maximum atomic E-state index is 4.32. The lowest BCUT2D eigenvalue weighted by molar-refractivity contribution is -0.00000472. The molecule has 0 fully saturated rings. The van der Waals surface area contributed by atoms with Gasteiger partial charge in [-0.3, -0.25) is 0 Å². The maximum absolute atomic E-state index is 4.32. The zero-order valence-corrected chi connectivity index (χ0v) is 16.1. The topological polar surface area (TPSA) is 0 Å². The molecule has 2 heteroatoms. The van der Waals surface area contributed by atoms with Crippen molar-refractivity contribution in [3.05, 3.63) is 116 Å². The summed E-state index contributed by atoms with van der Waals surface area (Å²) in [5.74, 6) is 2.19. The van der Waals surface area contributed by atoms with E-state index in [4.69, 9.17) is 0 Å². The van der Waals surface area contributed by atoms with Crippen LogP contribution in [0.5, 0.6) is 0 Å². The van der Waals surface area contributed by atoms with Crippen molar-refractivity contribution in [1.82, 2.24) is 0 Å². The zero-order valence-electron chi connectivity index (χ0n) is 14.4. The third kappa shape index (κ3) is 2.97. The Morgan fingerprint density at radius 3 is 1.65 bits per heavy atom. The Kier molecular flexibility index (Phi) is 5.57. The first kappa shape index (κ1) is 18.4. The quantitative estimate of drug-likeness (QED) is 0.481. The number of benzene rings is 4. The minimum atomic E-state index is -1.92. The van der Waals surface area contributed by atoms with Gasteiger partial charge in [-0.15, -0.1) is 0 Å². The highest BCUT2D eigenvalue weighted by Gasteiger charge is 2.43. The summed E-state index contributed by atoms with van der Waals surface area (Å²) in [6.07, 6.45) is 0. The second-order valence-corrected chi connectivity index (χ2v) is 9.40. The fourth-order valence-corrected chi connectivity index (χ4v) is 7.24. The lowest BCUT2D eigenvalue weighted by Gasteiger charge is -2.24. The van der Waals surface area contributed by atoms with Crippen molar-refractivity contribution in [2.75, 3.05) is 0 Å². The first-order chi connectivity index (χ1) is 12.4. The molecular weight excluding hydrogens is 355 g/mol. The van der Waals surface area contributed by atoms with E-state index < -0.39 is 7.26 Å². The highest BCUT2D eigenvalue weighted by atomic mass is 35.5. The van der Waals surface area contributed by atoms with Gasteiger partial charge in [-0.1, -0.05) is 79.4 Å². The number of fused-ring (bicyclic) bond motifs is 1. The van der Waals surface area contributed by atoms with Gasteiger partial charge in [0.25, 0.3) is 0 Å². The number of halogens is 1. The molecule has 0 aliphatic carbocycles. The summed E-state index contributed by atoms with van der Waals surface area (Å²) in [7, 11) is -1.92. The van der Waals surface area contributed by atoms with Crippen LogP contribution >= 0.6 is 7.26 Å². The van der Waals surface area contributed by atoms with E-state index in [9.17, 15) is 0 Å². The lowest BCUT2D eigenvalue weighted by Crippen LogP contribution is -3.00. The molecule has 0 aromatic heterocycles. The first-order valence-corrected chi connectivity index (χ1v) is 10.3. The molecule has 0 unspecified atom stereocenters. The monoisotopic (exact) mass is 374 g/mol. The second kappa shape index (κ2) is 7.87. The molecule has 0 N–H and O–H groups in total. The Bertz CT molecular complexity index is 965. The summed E-state index contributed by atoms with van der Waals surface area (Å²) in [5, 5.41) is 6.64. The zero-order chi connectivity index (χ0) is 17.1. The maximum Gasteiger partial charge on any atom is 0.137 e. The molecule has 0 atom stereocenters. The molecular formula is C24H20ClP. The van der Waals surface area contributed by atoms with E-state index in [0.717, 1.165) is 0 Å². The van der Waals surface area contributed by atoms with Gasteiger partial charge >= 0.3 is 0 Å². The Hall–Kier alpha value is -2.40. The molecule has 0 saturated heterocycles. The highest BCUT2D eigenvalue weighted by Crippen LogP contribution is 2.57. The van der Waals surface area contributed by atoms with Crippen LogP contribution in [0, 0.1) is 0 Å². The van der Waals surface area contributed by atoms with Gasteiger partial charge in [0.1, 0.15) is 23.2 Å². The average Bonchev–Trinajstić information content (AvgIpc) is 2.71. The molecule has 0 saturated carbocycles. The Labute approximate surface area is 162 Å². The van der Waals surface area contributed by atoms with Crippen molar-refractivity contribution in [2.24, 2.45) is 0 Å². The Morgan fingerprint density at radius 2 is 1.08 bits per heavy atom. The largest absolute Gasteiger partial charge is 1.00 e. The summed E-state index contributed by atoms with van der Waals surface area (Å²) in [6, 6.07) is 36.9. The van der Waals surface area contributed by atoms with Gasteiger partial charge in [0.2, 0.25) is 0 Å². The minimum absolute atomic E-state index is 0. The fraction of sp³-hybridized carbons (Fsp3) is 0. The van der Waals surface area contributed by atoms with Crippen LogP contribution in [0.4, 0.5) is 0 Å². The number of hydrogen-bond donors (Lipinski definition) is 0. The minimum Gasteiger partial charge on any atom is -1.00 e. The van der Waals surface area contributed by atoms with Crippen molar-refractivity contribution in [2.45, 2.75) is 0 Å². The molecule has 128 valence electrons. The van der Waals surface area contributed by atoms with Crippen LogP contribution in [0.2, 0.25) is 0 Å². The van der Waals surface area contributed by atoms with Crippen molar-refractivity contribution in [1.29, 1.82) is 0 Å². The summed E-state index contributed by atoms with van der Waals surface area (Å²) >= 11 is 0. The van der Waals surface area contributed by atoms with Crippen LogP contribution in [0.3, 0.4) is 0 Å². The van der Waals surface area contributed by atoms with E-state index in [1.54, 1.807) is 0 Å². The van der Waals surface area contributed by atoms with Crippen LogP contribution < -0.4 is 28.3 Å². The average molecular weight is 375 g/mol. The molecule has 0 bridgehead atoms. The van der Waals surface area contributed by atoms with E-state index in [-0.39, 0.29) is 12.4 Å². The van der Waals surface area contributed by atoms with Gasteiger partial charge in [0, 0.05) is 5.39 Å². The first-order valence-electron chi connectivity index (χ1n) is 8.48. The van der Waals surface area contributed by atoms with Crippen molar-refractivity contribution < 1.29 is 12.4 Å². The molecule has 0 spiro atoms. The molecule has 4 aromatic carbocycles. The van der Waals surface area contributed by atoms with Crippen molar-refractivity contribution in [3.8, 4) is 0 Å². The van der Waals surface area contributed by atoms with Crippen LogP contribution in [0.15, 0.2) is 116 Å². The summed E-state index contributed by atoms with van der Waals surface area (Å²) < 4.78 is 0. The predicted octanol–water partition coefficient (Wildman–Crippen LogP) is 2.28. The molecule has 0 nitrogen and oxygen atoms in total. The van der Waals surface area contributed by atoms with E-state index in [1.165, 1.54) is 26.7 Å². The SMILES string of the molecule is C=C[P+](c1ccccc1)(c1ccccc1)c1cccc2ccccc12.[Cl-]. The lowest BCUT2D eigenvalue weighted by atomic mass is 10.1. The molecule has 0 aliphatic heterocycles. The molecule has 4 aromatic rings. The van der Waals surface area contributed by atoms with Crippen LogP contribution in [0.1, 0.15) is 0 Å². The van der Waals surface area contributed by atoms with Crippen molar-refractivity contribution in [3.63, 3.8) is 0 Å². The number of hydrogen-bond acceptors (Lipinski definition) is 0. The van der Waals surface area contributed by atoms with Gasteiger partial charge in [-0.25, -0.2) is 0 Å². The second-order valence-electron chi connectivity index (χ2n) is 6.07. The molecule has 0 heterocycles. The predicted molar refractivity (Wildman–Crippen MR) is 113 cm³/mol. The highest BCUT2D eigenvalue weighted by molar-refractivity contribution is 7.98. The third-order valence-electron chi connectivity index (χ3n) is 4.75. The van der Waals surface area contributed by atoms with E-state index >= 15 is 0 Å². The molecule has 4 rings (SSSR count). The molecule has 0 aliphatic rings. The fourth-order valence-electron chi connectivity index (χ4n) is 3.58. The van der Waals surface area contributed by atoms with Gasteiger partial charge in [0.05, 0.1) is 5.82 Å². The van der Waals surface area contributed by atoms with Crippen LogP contribution in [-0.4, -0.2) is 0 Å². The number of rotatable bonds is 4. The Morgan fingerprint density at radius 1 is 0.577 bits per heavy atom. The van der Waals surface area contributed by atoms with E-state index in [1.807, 2.05) is 0 Å². The molecule has 26 heavy (non-hydrogen) atoms. The van der Waals surface area contributed by atoms with Gasteiger partial charge in [-0.2, -0.15) is 0 Å². The van der Waals surface area contributed by atoms with E-state index in [2.05, 4.69) is 116 Å². The Balaban J connectivity index is 0.00000196. The normalized spacial score (nSPS) is 10.9. The standard InChI is InChI=1S/C24H20P.ClH/c1-2-25(21-14-5-3-6-15-21,22-16-7-4-8-17-22)24-19-11-13-20-12-9-10-18-23(20)24;/h2-19H,1H2;1H/q+1;/p-1. The van der Waals surface area contributed by atoms with Gasteiger partial charge in [0.15, 0.2) is 0 Å². The van der Waals surface area contributed by atoms with Gasteiger partial charge < -0.3 is 12.4 Å². The summed E-state index contributed by atoms with van der Waals surface area (Å²) in [5.41, 5.74) is 0. The smallest absolute Gasteiger partial charge is 0.137 e. The molecule has 0 radical (unpaired) electrons. The molecule has 0 amide bonds. The van der Waals surface area contributed by atoms with Crippen molar-refractivity contribution >= 4 is 33.9 Å². The van der Waals surface area contributed by atoms with Crippen LogP contribution in [-0.2, 0) is 0 Å². The third-order valence-corrected chi connectivity index (χ3v) is 8.67. The summed E-state index contributed by atoms with van der Waals surface area (Å²) in [4.78, 5) is 0. The summed E-state index contributed by atoms with van der Waals surface area (Å²) in [6.45, 7) is 4.32. The van der Waals surface area contributed by atoms with Crippen LogP contribution in [0.25, 0.3) is 10.8 Å². The van der Waals surface area contributed by atoms with E-state index in [0.29, 0.717) is 0 Å².